The van der Waals surface area contributed by atoms with Crippen LogP contribution in [0.25, 0.3) is 0 Å². The number of nitro groups is 1. The molecule has 0 aliphatic carbocycles. The highest BCUT2D eigenvalue weighted by Gasteiger charge is 2.14. The lowest BCUT2D eigenvalue weighted by Crippen LogP contribution is -2.03. The molecule has 0 aliphatic rings. The predicted octanol–water partition coefficient (Wildman–Crippen LogP) is 5.39. The van der Waals surface area contributed by atoms with Gasteiger partial charge >= 0.3 is 0 Å². The van der Waals surface area contributed by atoms with Gasteiger partial charge in [0, 0.05) is 22.6 Å². The van der Waals surface area contributed by atoms with E-state index < -0.39 is 4.92 Å². The van der Waals surface area contributed by atoms with Crippen LogP contribution in [-0.4, -0.2) is 4.92 Å². The fourth-order valence-electron chi connectivity index (χ4n) is 1.70. The van der Waals surface area contributed by atoms with Gasteiger partial charge in [0.15, 0.2) is 0 Å². The van der Waals surface area contributed by atoms with Gasteiger partial charge in [0.2, 0.25) is 0 Å². The van der Waals surface area contributed by atoms with Gasteiger partial charge in [-0.2, -0.15) is 0 Å². The zero-order valence-electron chi connectivity index (χ0n) is 10.1. The first-order valence-corrected chi connectivity index (χ1v) is 7.56. The summed E-state index contributed by atoms with van der Waals surface area (Å²) < 4.78 is 1.53. The Balaban J connectivity index is 2.24. The van der Waals surface area contributed by atoms with Crippen LogP contribution in [0.5, 0.6) is 0 Å². The fraction of sp³-hybridized carbons (Fsp3) is 0.0769. The van der Waals surface area contributed by atoms with Gasteiger partial charge < -0.3 is 5.32 Å². The number of hydrogen-bond donors (Lipinski definition) is 1. The Kier molecular flexibility index (Phi) is 5.01. The molecule has 0 saturated heterocycles. The molecule has 20 heavy (non-hydrogen) atoms. The van der Waals surface area contributed by atoms with Crippen molar-refractivity contribution >= 4 is 54.8 Å². The molecule has 7 heteroatoms. The summed E-state index contributed by atoms with van der Waals surface area (Å²) in [5, 5.41) is 14.7. The molecule has 0 amide bonds. The summed E-state index contributed by atoms with van der Waals surface area (Å²) in [5.41, 5.74) is 1.46. The Morgan fingerprint density at radius 3 is 2.70 bits per heavy atom. The maximum atomic E-state index is 11.0. The second-order valence-electron chi connectivity index (χ2n) is 3.99. The summed E-state index contributed by atoms with van der Waals surface area (Å²) in [5.74, 6) is 0. The SMILES string of the molecule is O=[N+]([O-])c1ccc(Br)cc1CNc1cccc(Cl)c1Br. The van der Waals surface area contributed by atoms with Crippen molar-refractivity contribution in [1.29, 1.82) is 0 Å². The Bertz CT molecular complexity index is 665. The lowest BCUT2D eigenvalue weighted by Gasteiger charge is -2.10. The molecule has 0 spiro atoms. The Hall–Kier alpha value is -1.11. The minimum absolute atomic E-state index is 0.0823. The number of halogens is 3. The van der Waals surface area contributed by atoms with Crippen molar-refractivity contribution in [2.24, 2.45) is 0 Å². The van der Waals surface area contributed by atoms with Crippen LogP contribution in [-0.2, 0) is 6.54 Å². The summed E-state index contributed by atoms with van der Waals surface area (Å²) in [7, 11) is 0. The highest BCUT2D eigenvalue weighted by Crippen LogP contribution is 2.31. The van der Waals surface area contributed by atoms with E-state index in [1.54, 1.807) is 18.2 Å². The second kappa shape index (κ2) is 6.56. The standard InChI is InChI=1S/C13H9Br2ClN2O2/c14-9-4-5-12(18(19)20)8(6-9)7-17-11-3-1-2-10(16)13(11)15/h1-6,17H,7H2. The van der Waals surface area contributed by atoms with Gasteiger partial charge in [-0.15, -0.1) is 0 Å². The number of nitrogens with one attached hydrogen (secondary N) is 1. The lowest BCUT2D eigenvalue weighted by molar-refractivity contribution is -0.385. The second-order valence-corrected chi connectivity index (χ2v) is 6.10. The number of nitro benzene ring substituents is 1. The highest BCUT2D eigenvalue weighted by molar-refractivity contribution is 9.11. The maximum Gasteiger partial charge on any atom is 0.274 e. The molecule has 2 aromatic rings. The molecular formula is C13H9Br2ClN2O2. The molecule has 0 bridgehead atoms. The molecule has 104 valence electrons. The zero-order chi connectivity index (χ0) is 14.7. The lowest BCUT2D eigenvalue weighted by atomic mass is 10.2. The molecule has 0 heterocycles. The quantitative estimate of drug-likeness (QED) is 0.533. The molecular weight excluding hydrogens is 411 g/mol. The summed E-state index contributed by atoms with van der Waals surface area (Å²) in [6.45, 7) is 0.328. The van der Waals surface area contributed by atoms with E-state index in [-0.39, 0.29) is 5.69 Å². The molecule has 0 unspecified atom stereocenters. The summed E-state index contributed by atoms with van der Waals surface area (Å²) in [6, 6.07) is 10.3. The monoisotopic (exact) mass is 418 g/mol. The third-order valence-electron chi connectivity index (χ3n) is 2.66. The van der Waals surface area contributed by atoms with Gasteiger partial charge in [-0.1, -0.05) is 33.6 Å². The van der Waals surface area contributed by atoms with Gasteiger partial charge in [-0.25, -0.2) is 0 Å². The van der Waals surface area contributed by atoms with Gasteiger partial charge in [0.1, 0.15) is 0 Å². The number of rotatable bonds is 4. The normalized spacial score (nSPS) is 10.3. The van der Waals surface area contributed by atoms with Crippen LogP contribution in [0.4, 0.5) is 11.4 Å². The third kappa shape index (κ3) is 3.50. The van der Waals surface area contributed by atoms with E-state index in [1.165, 1.54) is 6.07 Å². The summed E-state index contributed by atoms with van der Waals surface area (Å²) in [4.78, 5) is 10.6. The van der Waals surface area contributed by atoms with Gasteiger partial charge in [-0.05, 0) is 40.2 Å². The average Bonchev–Trinajstić information content (AvgIpc) is 2.40. The topological polar surface area (TPSA) is 55.2 Å². The van der Waals surface area contributed by atoms with Crippen LogP contribution in [0.15, 0.2) is 45.3 Å². The number of benzene rings is 2. The largest absolute Gasteiger partial charge is 0.380 e. The van der Waals surface area contributed by atoms with E-state index in [4.69, 9.17) is 11.6 Å². The Morgan fingerprint density at radius 1 is 1.25 bits per heavy atom. The maximum absolute atomic E-state index is 11.0. The first kappa shape index (κ1) is 15.3. The average molecular weight is 420 g/mol. The Morgan fingerprint density at radius 2 is 2.00 bits per heavy atom. The van der Waals surface area contributed by atoms with Crippen LogP contribution in [0, 0.1) is 10.1 Å². The summed E-state index contributed by atoms with van der Waals surface area (Å²) >= 11 is 12.7. The third-order valence-corrected chi connectivity index (χ3v) is 4.55. The van der Waals surface area contributed by atoms with Gasteiger partial charge in [-0.3, -0.25) is 10.1 Å². The first-order chi connectivity index (χ1) is 9.49. The van der Waals surface area contributed by atoms with E-state index in [2.05, 4.69) is 37.2 Å². The molecule has 2 rings (SSSR count). The van der Waals surface area contributed by atoms with Crippen molar-refractivity contribution in [2.75, 3.05) is 5.32 Å². The molecule has 0 aliphatic heterocycles. The smallest absolute Gasteiger partial charge is 0.274 e. The van der Waals surface area contributed by atoms with Crippen LogP contribution < -0.4 is 5.32 Å². The fourth-order valence-corrected chi connectivity index (χ4v) is 2.69. The van der Waals surface area contributed by atoms with E-state index in [9.17, 15) is 10.1 Å². The molecule has 0 saturated carbocycles. The van der Waals surface area contributed by atoms with E-state index >= 15 is 0 Å². The van der Waals surface area contributed by atoms with Crippen molar-refractivity contribution in [3.8, 4) is 0 Å². The molecule has 0 fully saturated rings. The minimum atomic E-state index is -0.392. The first-order valence-electron chi connectivity index (χ1n) is 5.59. The van der Waals surface area contributed by atoms with Crippen LogP contribution in [0.3, 0.4) is 0 Å². The van der Waals surface area contributed by atoms with Crippen LogP contribution in [0.1, 0.15) is 5.56 Å². The van der Waals surface area contributed by atoms with E-state index in [1.807, 2.05) is 12.1 Å². The number of nitrogens with zero attached hydrogens (tertiary/aromatic N) is 1. The molecule has 0 radical (unpaired) electrons. The van der Waals surface area contributed by atoms with Gasteiger partial charge in [0.05, 0.1) is 20.1 Å². The predicted molar refractivity (Wildman–Crippen MR) is 87.3 cm³/mol. The van der Waals surface area contributed by atoms with E-state index in [0.29, 0.717) is 17.1 Å². The van der Waals surface area contributed by atoms with Gasteiger partial charge in [0.25, 0.3) is 5.69 Å². The van der Waals surface area contributed by atoms with Crippen molar-refractivity contribution in [2.45, 2.75) is 6.54 Å². The number of hydrogen-bond acceptors (Lipinski definition) is 3. The summed E-state index contributed by atoms with van der Waals surface area (Å²) in [6.07, 6.45) is 0. The highest BCUT2D eigenvalue weighted by atomic mass is 79.9. The van der Waals surface area contributed by atoms with E-state index in [0.717, 1.165) is 14.6 Å². The molecule has 0 atom stereocenters. The van der Waals surface area contributed by atoms with Crippen LogP contribution in [0.2, 0.25) is 5.02 Å². The van der Waals surface area contributed by atoms with Crippen molar-refractivity contribution in [3.63, 3.8) is 0 Å². The minimum Gasteiger partial charge on any atom is -0.380 e. The van der Waals surface area contributed by atoms with Crippen molar-refractivity contribution in [1.82, 2.24) is 0 Å². The van der Waals surface area contributed by atoms with Crippen LogP contribution >= 0.6 is 43.5 Å². The molecule has 2 aromatic carbocycles. The number of anilines is 1. The Labute approximate surface area is 137 Å². The van der Waals surface area contributed by atoms with Crippen molar-refractivity contribution in [3.05, 3.63) is 66.0 Å². The molecule has 0 aromatic heterocycles. The molecule has 1 N–H and O–H groups in total. The molecule has 4 nitrogen and oxygen atoms in total. The van der Waals surface area contributed by atoms with Crippen molar-refractivity contribution < 1.29 is 4.92 Å². The zero-order valence-corrected chi connectivity index (χ0v) is 14.0.